The summed E-state index contributed by atoms with van der Waals surface area (Å²) in [6.07, 6.45) is 24.3. The molecule has 0 saturated carbocycles. The lowest BCUT2D eigenvalue weighted by atomic mass is 10.1. The molecule has 1 fully saturated rings. The molecule has 0 spiro atoms. The first-order chi connectivity index (χ1) is 11.8. The van der Waals surface area contributed by atoms with Gasteiger partial charge in [-0.1, -0.05) is 56.2 Å². The summed E-state index contributed by atoms with van der Waals surface area (Å²) in [6.45, 7) is 1.91. The quantitative estimate of drug-likeness (QED) is 0.263. The SMILES string of the molecule is CCCCC/C=C/CC1OC1C/C=C/C/C=C/CCCC(=O)CO. The van der Waals surface area contributed by atoms with E-state index in [2.05, 4.69) is 43.4 Å². The average Bonchev–Trinajstić information content (AvgIpc) is 3.34. The van der Waals surface area contributed by atoms with E-state index in [0.29, 0.717) is 18.6 Å². The van der Waals surface area contributed by atoms with Crippen LogP contribution in [0.4, 0.5) is 0 Å². The van der Waals surface area contributed by atoms with Gasteiger partial charge in [0.2, 0.25) is 0 Å². The zero-order chi connectivity index (χ0) is 17.5. The van der Waals surface area contributed by atoms with Gasteiger partial charge in [-0.05, 0) is 44.9 Å². The highest BCUT2D eigenvalue weighted by atomic mass is 16.6. The standard InChI is InChI=1S/C21H34O3/c1-2-3-4-5-10-13-16-20-21(24-20)17-14-11-8-6-7-9-12-15-19(23)18-22/h6-7,10-11,13-14,20-22H,2-5,8-9,12,15-18H2,1H3/b7-6+,13-10+,14-11+. The van der Waals surface area contributed by atoms with Crippen LogP contribution in [0.3, 0.4) is 0 Å². The lowest BCUT2D eigenvalue weighted by Crippen LogP contribution is -2.02. The van der Waals surface area contributed by atoms with Crippen molar-refractivity contribution in [3.8, 4) is 0 Å². The van der Waals surface area contributed by atoms with Crippen molar-refractivity contribution in [1.82, 2.24) is 0 Å². The molecule has 0 radical (unpaired) electrons. The molecule has 1 aliphatic rings. The van der Waals surface area contributed by atoms with Crippen LogP contribution in [-0.4, -0.2) is 29.7 Å². The molecule has 0 aromatic rings. The minimum absolute atomic E-state index is 0.0712. The molecule has 1 aliphatic heterocycles. The van der Waals surface area contributed by atoms with E-state index in [4.69, 9.17) is 9.84 Å². The molecule has 2 unspecified atom stereocenters. The third kappa shape index (κ3) is 11.4. The van der Waals surface area contributed by atoms with E-state index in [-0.39, 0.29) is 12.4 Å². The number of Topliss-reactive ketones (excluding diaryl/α,β-unsaturated/α-hetero) is 1. The molecule has 2 atom stereocenters. The van der Waals surface area contributed by atoms with Crippen LogP contribution in [-0.2, 0) is 9.53 Å². The molecule has 1 rings (SSSR count). The molecule has 1 saturated heterocycles. The van der Waals surface area contributed by atoms with Gasteiger partial charge in [0.1, 0.15) is 6.61 Å². The topological polar surface area (TPSA) is 49.8 Å². The molecule has 0 bridgehead atoms. The molecule has 0 aromatic carbocycles. The number of hydrogen-bond donors (Lipinski definition) is 1. The van der Waals surface area contributed by atoms with Crippen molar-refractivity contribution in [2.75, 3.05) is 6.61 Å². The van der Waals surface area contributed by atoms with Crippen molar-refractivity contribution in [3.63, 3.8) is 0 Å². The van der Waals surface area contributed by atoms with E-state index in [1.54, 1.807) is 0 Å². The normalized spacial score (nSPS) is 20.6. The van der Waals surface area contributed by atoms with Crippen molar-refractivity contribution < 1.29 is 14.6 Å². The van der Waals surface area contributed by atoms with Gasteiger partial charge < -0.3 is 9.84 Å². The Morgan fingerprint density at radius 2 is 1.54 bits per heavy atom. The van der Waals surface area contributed by atoms with Crippen LogP contribution in [0.15, 0.2) is 36.5 Å². The van der Waals surface area contributed by atoms with Crippen LogP contribution in [0.5, 0.6) is 0 Å². The summed E-state index contributed by atoms with van der Waals surface area (Å²) in [5.74, 6) is -0.0712. The molecular formula is C21H34O3. The fourth-order valence-electron chi connectivity index (χ4n) is 2.57. The number of ketones is 1. The Balaban J connectivity index is 1.92. The number of carbonyl (C=O) groups excluding carboxylic acids is 1. The summed E-state index contributed by atoms with van der Waals surface area (Å²) in [6, 6.07) is 0. The number of hydrogen-bond acceptors (Lipinski definition) is 3. The Bertz CT molecular complexity index is 409. The summed E-state index contributed by atoms with van der Waals surface area (Å²) < 4.78 is 5.66. The van der Waals surface area contributed by atoms with Gasteiger partial charge in [0, 0.05) is 6.42 Å². The molecule has 1 N–H and O–H groups in total. The van der Waals surface area contributed by atoms with E-state index in [9.17, 15) is 4.79 Å². The second-order valence-corrected chi connectivity index (χ2v) is 6.42. The predicted octanol–water partition coefficient (Wildman–Crippen LogP) is 4.90. The minimum atomic E-state index is -0.328. The summed E-state index contributed by atoms with van der Waals surface area (Å²) in [4.78, 5) is 10.9. The Labute approximate surface area is 147 Å². The number of rotatable bonds is 15. The number of carbonyl (C=O) groups is 1. The molecule has 0 aliphatic carbocycles. The molecule has 3 nitrogen and oxygen atoms in total. The van der Waals surface area contributed by atoms with E-state index in [1.165, 1.54) is 25.7 Å². The Morgan fingerprint density at radius 1 is 0.917 bits per heavy atom. The molecule has 0 aromatic heterocycles. The number of aliphatic hydroxyl groups is 1. The predicted molar refractivity (Wildman–Crippen MR) is 100 cm³/mol. The van der Waals surface area contributed by atoms with Gasteiger partial charge in [0.05, 0.1) is 12.2 Å². The second-order valence-electron chi connectivity index (χ2n) is 6.42. The summed E-state index contributed by atoms with van der Waals surface area (Å²) >= 11 is 0. The van der Waals surface area contributed by atoms with Crippen LogP contribution in [0.2, 0.25) is 0 Å². The third-order valence-corrected chi connectivity index (χ3v) is 4.17. The third-order valence-electron chi connectivity index (χ3n) is 4.17. The first-order valence-corrected chi connectivity index (χ1v) is 9.51. The fraction of sp³-hybridized carbons (Fsp3) is 0.667. The van der Waals surface area contributed by atoms with Gasteiger partial charge in [-0.3, -0.25) is 4.79 Å². The van der Waals surface area contributed by atoms with E-state index >= 15 is 0 Å². The van der Waals surface area contributed by atoms with Gasteiger partial charge in [0.25, 0.3) is 0 Å². The average molecular weight is 335 g/mol. The smallest absolute Gasteiger partial charge is 0.158 e. The van der Waals surface area contributed by atoms with Gasteiger partial charge >= 0.3 is 0 Å². The number of aliphatic hydroxyl groups excluding tert-OH is 1. The van der Waals surface area contributed by atoms with Crippen molar-refractivity contribution >= 4 is 5.78 Å². The maximum absolute atomic E-state index is 10.9. The van der Waals surface area contributed by atoms with Crippen molar-refractivity contribution in [2.24, 2.45) is 0 Å². The number of allylic oxidation sites excluding steroid dienone is 4. The number of unbranched alkanes of at least 4 members (excludes halogenated alkanes) is 4. The highest BCUT2D eigenvalue weighted by Gasteiger charge is 2.35. The lowest BCUT2D eigenvalue weighted by molar-refractivity contribution is -0.121. The first kappa shape index (κ1) is 20.9. The zero-order valence-corrected chi connectivity index (χ0v) is 15.2. The summed E-state index contributed by atoms with van der Waals surface area (Å²) in [7, 11) is 0. The van der Waals surface area contributed by atoms with Crippen molar-refractivity contribution in [1.29, 1.82) is 0 Å². The molecular weight excluding hydrogens is 300 g/mol. The number of ether oxygens (including phenoxy) is 1. The largest absolute Gasteiger partial charge is 0.389 e. The second kappa shape index (κ2) is 14.2. The van der Waals surface area contributed by atoms with E-state index < -0.39 is 0 Å². The fourth-order valence-corrected chi connectivity index (χ4v) is 2.57. The van der Waals surface area contributed by atoms with Gasteiger partial charge in [-0.2, -0.15) is 0 Å². The zero-order valence-electron chi connectivity index (χ0n) is 15.2. The Kier molecular flexibility index (Phi) is 12.3. The van der Waals surface area contributed by atoms with E-state index in [0.717, 1.165) is 32.1 Å². The maximum atomic E-state index is 10.9. The van der Waals surface area contributed by atoms with Gasteiger partial charge in [-0.15, -0.1) is 0 Å². The van der Waals surface area contributed by atoms with Crippen molar-refractivity contribution in [2.45, 2.75) is 83.3 Å². The van der Waals surface area contributed by atoms with Gasteiger partial charge in [-0.25, -0.2) is 0 Å². The van der Waals surface area contributed by atoms with Crippen LogP contribution < -0.4 is 0 Å². The summed E-state index contributed by atoms with van der Waals surface area (Å²) in [5.41, 5.74) is 0. The lowest BCUT2D eigenvalue weighted by Gasteiger charge is -1.93. The van der Waals surface area contributed by atoms with Crippen LogP contribution in [0.1, 0.15) is 71.1 Å². The van der Waals surface area contributed by atoms with Crippen LogP contribution >= 0.6 is 0 Å². The molecule has 1 heterocycles. The van der Waals surface area contributed by atoms with E-state index in [1.807, 2.05) is 0 Å². The molecule has 24 heavy (non-hydrogen) atoms. The van der Waals surface area contributed by atoms with Crippen LogP contribution in [0.25, 0.3) is 0 Å². The first-order valence-electron chi connectivity index (χ1n) is 9.51. The minimum Gasteiger partial charge on any atom is -0.389 e. The summed E-state index contributed by atoms with van der Waals surface area (Å²) in [5, 5.41) is 8.60. The molecule has 3 heteroatoms. The Morgan fingerprint density at radius 3 is 2.25 bits per heavy atom. The Hall–Kier alpha value is -1.19. The van der Waals surface area contributed by atoms with Gasteiger partial charge in [0.15, 0.2) is 5.78 Å². The highest BCUT2D eigenvalue weighted by Crippen LogP contribution is 2.29. The highest BCUT2D eigenvalue weighted by molar-refractivity contribution is 5.79. The van der Waals surface area contributed by atoms with Crippen molar-refractivity contribution in [3.05, 3.63) is 36.5 Å². The number of epoxide rings is 1. The monoisotopic (exact) mass is 334 g/mol. The van der Waals surface area contributed by atoms with Crippen LogP contribution in [0, 0.1) is 0 Å². The maximum Gasteiger partial charge on any atom is 0.158 e. The molecule has 136 valence electrons. The molecule has 0 amide bonds.